The molecule has 0 radical (unpaired) electrons. The Morgan fingerprint density at radius 1 is 1.41 bits per heavy atom. The second-order valence-electron chi connectivity index (χ2n) is 4.00. The number of carboxylic acids is 1. The lowest BCUT2D eigenvalue weighted by Crippen LogP contribution is -2.29. The highest BCUT2D eigenvalue weighted by molar-refractivity contribution is 9.10. The van der Waals surface area contributed by atoms with E-state index in [-0.39, 0.29) is 12.5 Å². The molecule has 0 aliphatic carbocycles. The summed E-state index contributed by atoms with van der Waals surface area (Å²) in [5, 5.41) is 8.71. The van der Waals surface area contributed by atoms with Crippen LogP contribution in [-0.2, 0) is 4.79 Å². The van der Waals surface area contributed by atoms with Crippen molar-refractivity contribution in [2.24, 2.45) is 0 Å². The highest BCUT2D eigenvalue weighted by atomic mass is 79.9. The van der Waals surface area contributed by atoms with Crippen molar-refractivity contribution in [3.05, 3.63) is 34.3 Å². The van der Waals surface area contributed by atoms with Crippen LogP contribution in [-0.4, -0.2) is 29.1 Å². The molecule has 1 atom stereocenters. The van der Waals surface area contributed by atoms with Gasteiger partial charge in [-0.2, -0.15) is 0 Å². The number of nitrogens with zero attached hydrogens (tertiary/aromatic N) is 1. The highest BCUT2D eigenvalue weighted by Crippen LogP contribution is 2.22. The van der Waals surface area contributed by atoms with E-state index in [1.165, 1.54) is 5.56 Å². The minimum Gasteiger partial charge on any atom is -0.481 e. The van der Waals surface area contributed by atoms with E-state index in [2.05, 4.69) is 46.8 Å². The Balaban J connectivity index is 2.68. The number of hydrogen-bond acceptors (Lipinski definition) is 2. The van der Waals surface area contributed by atoms with Crippen LogP contribution >= 0.6 is 15.9 Å². The first-order chi connectivity index (χ1) is 8.04. The van der Waals surface area contributed by atoms with Crippen LogP contribution in [0.25, 0.3) is 0 Å². The molecule has 0 amide bonds. The Bertz CT molecular complexity index is 364. The fourth-order valence-electron chi connectivity index (χ4n) is 1.82. The van der Waals surface area contributed by atoms with E-state index in [0.717, 1.165) is 11.0 Å². The molecule has 94 valence electrons. The second-order valence-corrected chi connectivity index (χ2v) is 4.92. The third-order valence-electron chi connectivity index (χ3n) is 2.92. The molecule has 1 aromatic carbocycles. The Morgan fingerprint density at radius 3 is 2.47 bits per heavy atom. The number of rotatable bonds is 6. The molecule has 0 spiro atoms. The van der Waals surface area contributed by atoms with E-state index in [0.29, 0.717) is 6.54 Å². The zero-order valence-electron chi connectivity index (χ0n) is 10.2. The Hall–Kier alpha value is -0.870. The summed E-state index contributed by atoms with van der Waals surface area (Å²) >= 11 is 3.41. The minimum atomic E-state index is -0.744. The van der Waals surface area contributed by atoms with Crippen molar-refractivity contribution in [1.29, 1.82) is 0 Å². The quantitative estimate of drug-likeness (QED) is 0.876. The maximum Gasteiger partial charge on any atom is 0.304 e. The van der Waals surface area contributed by atoms with Crippen molar-refractivity contribution >= 4 is 21.9 Å². The van der Waals surface area contributed by atoms with Gasteiger partial charge in [-0.15, -0.1) is 0 Å². The van der Waals surface area contributed by atoms with Gasteiger partial charge in [-0.1, -0.05) is 35.0 Å². The molecule has 0 aliphatic heterocycles. The predicted molar refractivity (Wildman–Crippen MR) is 72.1 cm³/mol. The lowest BCUT2D eigenvalue weighted by Gasteiger charge is -2.27. The summed E-state index contributed by atoms with van der Waals surface area (Å²) in [7, 11) is 0. The number of halogens is 1. The molecule has 1 N–H and O–H groups in total. The molecule has 1 rings (SSSR count). The molecule has 0 aromatic heterocycles. The van der Waals surface area contributed by atoms with E-state index in [1.54, 1.807) is 0 Å². The van der Waals surface area contributed by atoms with Gasteiger partial charge in [-0.3, -0.25) is 9.69 Å². The van der Waals surface area contributed by atoms with Crippen molar-refractivity contribution in [2.45, 2.75) is 26.3 Å². The summed E-state index contributed by atoms with van der Waals surface area (Å²) in [6, 6.07) is 8.40. The average Bonchev–Trinajstić information content (AvgIpc) is 2.30. The molecular weight excluding hydrogens is 282 g/mol. The van der Waals surface area contributed by atoms with Crippen molar-refractivity contribution in [3.8, 4) is 0 Å². The molecule has 3 nitrogen and oxygen atoms in total. The third kappa shape index (κ3) is 4.48. The molecule has 0 saturated carbocycles. The van der Waals surface area contributed by atoms with Crippen LogP contribution in [0.3, 0.4) is 0 Å². The fraction of sp³-hybridized carbons (Fsp3) is 0.462. The average molecular weight is 300 g/mol. The number of carbonyl (C=O) groups is 1. The lowest BCUT2D eigenvalue weighted by molar-refractivity contribution is -0.137. The number of aliphatic carboxylic acids is 1. The van der Waals surface area contributed by atoms with Gasteiger partial charge in [0.05, 0.1) is 6.42 Å². The Kier molecular flexibility index (Phi) is 5.65. The second kappa shape index (κ2) is 6.77. The summed E-state index contributed by atoms with van der Waals surface area (Å²) in [6.45, 7) is 5.60. The molecule has 0 fully saturated rings. The standard InChI is InChI=1S/C13H18BrNO2/c1-3-15(9-8-13(16)17)10(2)11-4-6-12(14)7-5-11/h4-7,10H,3,8-9H2,1-2H3,(H,16,17). The molecular formula is C13H18BrNO2. The van der Waals surface area contributed by atoms with Crippen molar-refractivity contribution in [2.75, 3.05) is 13.1 Å². The normalized spacial score (nSPS) is 12.7. The van der Waals surface area contributed by atoms with Gasteiger partial charge in [0.15, 0.2) is 0 Å². The van der Waals surface area contributed by atoms with E-state index in [4.69, 9.17) is 5.11 Å². The molecule has 1 aromatic rings. The lowest BCUT2D eigenvalue weighted by atomic mass is 10.1. The number of hydrogen-bond donors (Lipinski definition) is 1. The van der Waals surface area contributed by atoms with E-state index in [1.807, 2.05) is 12.1 Å². The molecule has 17 heavy (non-hydrogen) atoms. The van der Waals surface area contributed by atoms with Crippen LogP contribution in [0, 0.1) is 0 Å². The largest absolute Gasteiger partial charge is 0.481 e. The van der Waals surface area contributed by atoms with Crippen LogP contribution in [0.4, 0.5) is 0 Å². The SMILES string of the molecule is CCN(CCC(=O)O)C(C)c1ccc(Br)cc1. The summed E-state index contributed by atoms with van der Waals surface area (Å²) in [4.78, 5) is 12.8. The first-order valence-electron chi connectivity index (χ1n) is 5.76. The highest BCUT2D eigenvalue weighted by Gasteiger charge is 2.14. The zero-order chi connectivity index (χ0) is 12.8. The summed E-state index contributed by atoms with van der Waals surface area (Å²) in [6.07, 6.45) is 0.189. The topological polar surface area (TPSA) is 40.5 Å². The van der Waals surface area contributed by atoms with Crippen LogP contribution in [0.2, 0.25) is 0 Å². The van der Waals surface area contributed by atoms with Crippen molar-refractivity contribution in [1.82, 2.24) is 4.90 Å². The van der Waals surface area contributed by atoms with Crippen LogP contribution in [0.15, 0.2) is 28.7 Å². The summed E-state index contributed by atoms with van der Waals surface area (Å²) in [5.41, 5.74) is 1.21. The van der Waals surface area contributed by atoms with E-state index < -0.39 is 5.97 Å². The van der Waals surface area contributed by atoms with E-state index >= 15 is 0 Å². The van der Waals surface area contributed by atoms with Gasteiger partial charge in [0.25, 0.3) is 0 Å². The first kappa shape index (κ1) is 14.2. The number of carboxylic acid groups (broad SMARTS) is 1. The monoisotopic (exact) mass is 299 g/mol. The summed E-state index contributed by atoms with van der Waals surface area (Å²) in [5.74, 6) is -0.744. The van der Waals surface area contributed by atoms with Gasteiger partial charge >= 0.3 is 5.97 Å². The molecule has 1 unspecified atom stereocenters. The van der Waals surface area contributed by atoms with E-state index in [9.17, 15) is 4.79 Å². The van der Waals surface area contributed by atoms with Crippen LogP contribution in [0.5, 0.6) is 0 Å². The molecule has 0 heterocycles. The van der Waals surface area contributed by atoms with Gasteiger partial charge in [0.2, 0.25) is 0 Å². The Labute approximate surface area is 111 Å². The van der Waals surface area contributed by atoms with Crippen molar-refractivity contribution < 1.29 is 9.90 Å². The molecule has 0 aliphatic rings. The molecule has 4 heteroatoms. The van der Waals surface area contributed by atoms with Gasteiger partial charge < -0.3 is 5.11 Å². The fourth-order valence-corrected chi connectivity index (χ4v) is 2.08. The van der Waals surface area contributed by atoms with Gasteiger partial charge in [-0.25, -0.2) is 0 Å². The van der Waals surface area contributed by atoms with Gasteiger partial charge in [-0.05, 0) is 31.2 Å². The van der Waals surface area contributed by atoms with Crippen LogP contribution < -0.4 is 0 Å². The molecule has 0 bridgehead atoms. The maximum atomic E-state index is 10.6. The van der Waals surface area contributed by atoms with Gasteiger partial charge in [0.1, 0.15) is 0 Å². The van der Waals surface area contributed by atoms with Crippen molar-refractivity contribution in [3.63, 3.8) is 0 Å². The zero-order valence-corrected chi connectivity index (χ0v) is 11.8. The Morgan fingerprint density at radius 2 is 2.00 bits per heavy atom. The minimum absolute atomic E-state index is 0.189. The summed E-state index contributed by atoms with van der Waals surface area (Å²) < 4.78 is 1.06. The van der Waals surface area contributed by atoms with Gasteiger partial charge in [0, 0.05) is 17.1 Å². The predicted octanol–water partition coefficient (Wildman–Crippen LogP) is 3.31. The number of benzene rings is 1. The first-order valence-corrected chi connectivity index (χ1v) is 6.55. The van der Waals surface area contributed by atoms with Crippen LogP contribution in [0.1, 0.15) is 31.9 Å². The third-order valence-corrected chi connectivity index (χ3v) is 3.45. The maximum absolute atomic E-state index is 10.6. The molecule has 0 saturated heterocycles. The smallest absolute Gasteiger partial charge is 0.304 e.